The molecule has 24 heavy (non-hydrogen) atoms. The van der Waals surface area contributed by atoms with Crippen LogP contribution in [0.3, 0.4) is 0 Å². The maximum atomic E-state index is 10.1. The molecule has 0 amide bonds. The topological polar surface area (TPSA) is 52.9 Å². The third kappa shape index (κ3) is 4.73. The number of rotatable bonds is 6. The van der Waals surface area contributed by atoms with Crippen molar-refractivity contribution in [3.05, 3.63) is 35.9 Å². The molecule has 1 aliphatic rings. The molecule has 0 saturated heterocycles. The summed E-state index contributed by atoms with van der Waals surface area (Å²) in [6.45, 7) is 10.7. The Morgan fingerprint density at radius 2 is 1.79 bits per heavy atom. The summed E-state index contributed by atoms with van der Waals surface area (Å²) in [6, 6.07) is 8.24. The van der Waals surface area contributed by atoms with Crippen LogP contribution in [0, 0.1) is 0 Å². The van der Waals surface area contributed by atoms with Gasteiger partial charge >= 0.3 is 14.5 Å². The first-order valence-corrected chi connectivity index (χ1v) is 8.55. The quantitative estimate of drug-likeness (QED) is 0.781. The second-order valence-electron chi connectivity index (χ2n) is 7.53. The van der Waals surface area contributed by atoms with Crippen molar-refractivity contribution in [1.29, 1.82) is 0 Å². The number of hydrogen-bond donors (Lipinski definition) is 2. The van der Waals surface area contributed by atoms with Crippen LogP contribution in [-0.4, -0.2) is 53.8 Å². The van der Waals surface area contributed by atoms with E-state index in [-0.39, 0.29) is 0 Å². The molecule has 0 aromatic heterocycles. The van der Waals surface area contributed by atoms with Crippen molar-refractivity contribution < 1.29 is 14.8 Å². The molecule has 1 radical (unpaired) electrons. The van der Waals surface area contributed by atoms with Gasteiger partial charge in [-0.15, -0.1) is 0 Å². The zero-order valence-corrected chi connectivity index (χ0v) is 15.4. The average molecular weight is 328 g/mol. The van der Waals surface area contributed by atoms with Crippen LogP contribution in [0.25, 0.3) is 5.57 Å². The Kier molecular flexibility index (Phi) is 5.97. The SMILES string of the molecule is CB(O)N1CC=C(c2ccc([B]OC(C)(C)C(C)(C)O)cc2)CC1. The smallest absolute Gasteiger partial charge is 0.376 e. The summed E-state index contributed by atoms with van der Waals surface area (Å²) < 4.78 is 5.78. The molecule has 0 aliphatic carbocycles. The first-order valence-electron chi connectivity index (χ1n) is 8.55. The molecule has 0 unspecified atom stereocenters. The molecule has 2 rings (SSSR count). The fourth-order valence-corrected chi connectivity index (χ4v) is 2.42. The summed E-state index contributed by atoms with van der Waals surface area (Å²) in [5.74, 6) is 0. The predicted molar refractivity (Wildman–Crippen MR) is 101 cm³/mol. The van der Waals surface area contributed by atoms with E-state index in [2.05, 4.69) is 18.2 Å². The van der Waals surface area contributed by atoms with Crippen molar-refractivity contribution in [3.8, 4) is 0 Å². The number of hydrogen-bond acceptors (Lipinski definition) is 4. The van der Waals surface area contributed by atoms with Crippen molar-refractivity contribution in [2.75, 3.05) is 13.1 Å². The van der Waals surface area contributed by atoms with Crippen molar-refractivity contribution in [1.82, 2.24) is 4.81 Å². The Morgan fingerprint density at radius 3 is 2.25 bits per heavy atom. The molecule has 129 valence electrons. The van der Waals surface area contributed by atoms with Crippen LogP contribution < -0.4 is 5.46 Å². The maximum Gasteiger partial charge on any atom is 0.376 e. The van der Waals surface area contributed by atoms with Crippen LogP contribution in [0.4, 0.5) is 0 Å². The van der Waals surface area contributed by atoms with E-state index in [0.717, 1.165) is 25.0 Å². The molecule has 6 heteroatoms. The summed E-state index contributed by atoms with van der Waals surface area (Å²) in [5, 5.41) is 19.7. The van der Waals surface area contributed by atoms with E-state index in [1.807, 2.05) is 30.8 Å². The van der Waals surface area contributed by atoms with E-state index in [1.165, 1.54) is 11.1 Å². The second kappa shape index (κ2) is 7.44. The Labute approximate surface area is 146 Å². The third-order valence-corrected chi connectivity index (χ3v) is 5.01. The predicted octanol–water partition coefficient (Wildman–Crippen LogP) is 1.70. The highest BCUT2D eigenvalue weighted by molar-refractivity contribution is 6.47. The third-order valence-electron chi connectivity index (χ3n) is 5.01. The van der Waals surface area contributed by atoms with Crippen molar-refractivity contribution in [3.63, 3.8) is 0 Å². The van der Waals surface area contributed by atoms with Gasteiger partial charge in [0.05, 0.1) is 11.2 Å². The van der Waals surface area contributed by atoms with Gasteiger partial charge in [-0.3, -0.25) is 0 Å². The van der Waals surface area contributed by atoms with E-state index >= 15 is 0 Å². The minimum absolute atomic E-state index is 0.393. The maximum absolute atomic E-state index is 10.1. The molecule has 2 N–H and O–H groups in total. The first kappa shape index (κ1) is 19.3. The number of aliphatic hydroxyl groups is 1. The lowest BCUT2D eigenvalue weighted by Crippen LogP contribution is -2.49. The van der Waals surface area contributed by atoms with Gasteiger partial charge < -0.3 is 19.6 Å². The van der Waals surface area contributed by atoms with Gasteiger partial charge in [-0.2, -0.15) is 0 Å². The zero-order chi connectivity index (χ0) is 18.0. The molecule has 1 aliphatic heterocycles. The van der Waals surface area contributed by atoms with Gasteiger partial charge in [-0.1, -0.05) is 35.8 Å². The molecule has 0 bridgehead atoms. The van der Waals surface area contributed by atoms with Crippen molar-refractivity contribution >= 4 is 25.6 Å². The van der Waals surface area contributed by atoms with Crippen molar-refractivity contribution in [2.24, 2.45) is 0 Å². The lowest BCUT2D eigenvalue weighted by molar-refractivity contribution is -0.0893. The summed E-state index contributed by atoms with van der Waals surface area (Å²) in [6.07, 6.45) is 3.12. The Morgan fingerprint density at radius 1 is 1.17 bits per heavy atom. The van der Waals surface area contributed by atoms with Gasteiger partial charge in [0.25, 0.3) is 0 Å². The van der Waals surface area contributed by atoms with Gasteiger partial charge in [0.1, 0.15) is 0 Å². The van der Waals surface area contributed by atoms with E-state index in [0.29, 0.717) is 0 Å². The molecular formula is C18H28B2NO3. The standard InChI is InChI=1S/C18H28B2NO3/c1-17(2,22)18(3,4)24-19-16-8-6-14(7-9-16)15-10-12-21(13-11-15)20(5)23/h6-10,22-23H,11-13H2,1-5H3. The molecule has 1 heterocycles. The molecule has 0 spiro atoms. The fourth-order valence-electron chi connectivity index (χ4n) is 2.42. The Bertz CT molecular complexity index is 577. The fraction of sp³-hybridized carbons (Fsp3) is 0.556. The molecule has 4 nitrogen and oxygen atoms in total. The lowest BCUT2D eigenvalue weighted by Gasteiger charge is -2.37. The Hall–Kier alpha value is -1.07. The van der Waals surface area contributed by atoms with Crippen LogP contribution in [0.15, 0.2) is 30.3 Å². The van der Waals surface area contributed by atoms with Gasteiger partial charge in [0, 0.05) is 6.54 Å². The minimum atomic E-state index is -0.925. The molecule has 1 aromatic rings. The van der Waals surface area contributed by atoms with Crippen LogP contribution in [0.2, 0.25) is 6.82 Å². The monoisotopic (exact) mass is 328 g/mol. The van der Waals surface area contributed by atoms with E-state index < -0.39 is 18.3 Å². The van der Waals surface area contributed by atoms with Crippen LogP contribution >= 0.6 is 0 Å². The highest BCUT2D eigenvalue weighted by Gasteiger charge is 2.35. The van der Waals surface area contributed by atoms with Crippen molar-refractivity contribution in [2.45, 2.75) is 52.1 Å². The van der Waals surface area contributed by atoms with E-state index in [1.54, 1.807) is 28.2 Å². The van der Waals surface area contributed by atoms with Gasteiger partial charge in [0.15, 0.2) is 0 Å². The average Bonchev–Trinajstić information content (AvgIpc) is 2.52. The summed E-state index contributed by atoms with van der Waals surface area (Å²) in [5.41, 5.74) is 1.90. The lowest BCUT2D eigenvalue weighted by atomic mass is 9.81. The normalized spacial score (nSPS) is 16.7. The van der Waals surface area contributed by atoms with Gasteiger partial charge in [-0.25, -0.2) is 0 Å². The summed E-state index contributed by atoms with van der Waals surface area (Å²) >= 11 is 0. The van der Waals surface area contributed by atoms with E-state index in [4.69, 9.17) is 4.65 Å². The highest BCUT2D eigenvalue weighted by atomic mass is 16.5. The molecule has 0 saturated carbocycles. The summed E-state index contributed by atoms with van der Waals surface area (Å²) in [4.78, 5) is 2.04. The number of nitrogens with zero attached hydrogens (tertiary/aromatic N) is 1. The minimum Gasteiger partial charge on any atom is -0.437 e. The molecule has 0 fully saturated rings. The Balaban J connectivity index is 1.97. The van der Waals surface area contributed by atoms with E-state index in [9.17, 15) is 10.1 Å². The molecule has 0 atom stereocenters. The van der Waals surface area contributed by atoms with Crippen LogP contribution in [-0.2, 0) is 4.65 Å². The highest BCUT2D eigenvalue weighted by Crippen LogP contribution is 2.24. The number of benzene rings is 1. The van der Waals surface area contributed by atoms with Gasteiger partial charge in [0.2, 0.25) is 0 Å². The van der Waals surface area contributed by atoms with Crippen LogP contribution in [0.5, 0.6) is 0 Å². The molecule has 1 aromatic carbocycles. The zero-order valence-electron chi connectivity index (χ0n) is 15.4. The largest absolute Gasteiger partial charge is 0.437 e. The van der Waals surface area contributed by atoms with Crippen LogP contribution in [0.1, 0.15) is 39.7 Å². The second-order valence-corrected chi connectivity index (χ2v) is 7.53. The van der Waals surface area contributed by atoms with Gasteiger partial charge in [-0.05, 0) is 58.6 Å². The summed E-state index contributed by atoms with van der Waals surface area (Å²) in [7, 11) is 1.31. The first-order chi connectivity index (χ1) is 11.1. The molecular weight excluding hydrogens is 300 g/mol.